The first-order valence-electron chi connectivity index (χ1n) is 7.32. The Hall–Kier alpha value is -1.07. The zero-order chi connectivity index (χ0) is 14.6. The molecule has 112 valence electrons. The number of hydrogen-bond donors (Lipinski definition) is 2. The summed E-state index contributed by atoms with van der Waals surface area (Å²) in [6.45, 7) is 2.29. The highest BCUT2D eigenvalue weighted by Gasteiger charge is 2.20. The molecule has 0 spiro atoms. The monoisotopic (exact) mass is 296 g/mol. The fourth-order valence-corrected chi connectivity index (χ4v) is 3.68. The summed E-state index contributed by atoms with van der Waals surface area (Å²) >= 11 is 0. The van der Waals surface area contributed by atoms with E-state index in [0.29, 0.717) is 16.6 Å². The van der Waals surface area contributed by atoms with Crippen molar-refractivity contribution in [3.05, 3.63) is 24.3 Å². The fraction of sp³-hybridized carbons (Fsp3) is 0.600. The molecule has 0 aromatic heterocycles. The molecule has 0 aliphatic heterocycles. The lowest BCUT2D eigenvalue weighted by Gasteiger charge is -2.20. The highest BCUT2D eigenvalue weighted by Crippen LogP contribution is 2.27. The molecule has 5 heteroatoms. The number of benzene rings is 1. The van der Waals surface area contributed by atoms with Crippen LogP contribution in [-0.4, -0.2) is 21.5 Å². The Bertz CT molecular complexity index is 543. The Morgan fingerprint density at radius 1 is 1.10 bits per heavy atom. The van der Waals surface area contributed by atoms with E-state index in [1.807, 2.05) is 12.1 Å². The van der Waals surface area contributed by atoms with E-state index in [0.717, 1.165) is 18.8 Å². The maximum absolute atomic E-state index is 12.0. The van der Waals surface area contributed by atoms with Gasteiger partial charge in [0.2, 0.25) is 10.0 Å². The van der Waals surface area contributed by atoms with Gasteiger partial charge in [0.15, 0.2) is 0 Å². The van der Waals surface area contributed by atoms with Gasteiger partial charge in [-0.25, -0.2) is 13.1 Å². The average Bonchev–Trinajstić information content (AvgIpc) is 2.64. The smallest absolute Gasteiger partial charge is 0.242 e. The van der Waals surface area contributed by atoms with Crippen LogP contribution in [0.3, 0.4) is 0 Å². The van der Waals surface area contributed by atoms with Crippen molar-refractivity contribution in [1.29, 1.82) is 0 Å². The molecule has 0 amide bonds. The number of sulfonamides is 1. The lowest BCUT2D eigenvalue weighted by Crippen LogP contribution is -2.23. The minimum absolute atomic E-state index is 0.333. The standard InChI is InChI=1S/C15H24N2O2S/c1-12-6-5-7-13(11-10-12)17-14-8-3-4-9-15(14)20(18,19)16-2/h3-4,8-9,12-13,16-17H,5-7,10-11H2,1-2H3. The van der Waals surface area contributed by atoms with Crippen LogP contribution in [0.15, 0.2) is 29.2 Å². The Morgan fingerprint density at radius 2 is 1.85 bits per heavy atom. The first-order valence-corrected chi connectivity index (χ1v) is 8.80. The highest BCUT2D eigenvalue weighted by atomic mass is 32.2. The molecule has 0 radical (unpaired) electrons. The van der Waals surface area contributed by atoms with Gasteiger partial charge in [-0.05, 0) is 44.4 Å². The van der Waals surface area contributed by atoms with Crippen LogP contribution in [0.1, 0.15) is 39.0 Å². The predicted molar refractivity (Wildman–Crippen MR) is 82.3 cm³/mol. The van der Waals surface area contributed by atoms with Crippen molar-refractivity contribution in [1.82, 2.24) is 4.72 Å². The molecule has 1 aliphatic carbocycles. The Morgan fingerprint density at radius 3 is 2.60 bits per heavy atom. The van der Waals surface area contributed by atoms with E-state index in [4.69, 9.17) is 0 Å². The molecule has 1 aromatic carbocycles. The van der Waals surface area contributed by atoms with Gasteiger partial charge in [0.25, 0.3) is 0 Å². The van der Waals surface area contributed by atoms with E-state index >= 15 is 0 Å². The molecular formula is C15H24N2O2S. The summed E-state index contributed by atoms with van der Waals surface area (Å²) in [6.07, 6.45) is 5.90. The minimum Gasteiger partial charge on any atom is -0.381 e. The van der Waals surface area contributed by atoms with Crippen LogP contribution in [0.25, 0.3) is 0 Å². The van der Waals surface area contributed by atoms with Gasteiger partial charge >= 0.3 is 0 Å². The Kier molecular flexibility index (Phi) is 5.05. The second kappa shape index (κ2) is 6.59. The molecule has 20 heavy (non-hydrogen) atoms. The van der Waals surface area contributed by atoms with Gasteiger partial charge in [-0.15, -0.1) is 0 Å². The van der Waals surface area contributed by atoms with Crippen LogP contribution in [0.5, 0.6) is 0 Å². The van der Waals surface area contributed by atoms with Crippen molar-refractivity contribution < 1.29 is 8.42 Å². The van der Waals surface area contributed by atoms with Crippen molar-refractivity contribution in [2.45, 2.75) is 50.0 Å². The summed E-state index contributed by atoms with van der Waals surface area (Å²) in [6, 6.07) is 7.49. The van der Waals surface area contributed by atoms with Gasteiger partial charge in [0, 0.05) is 6.04 Å². The molecule has 1 saturated carbocycles. The van der Waals surface area contributed by atoms with Crippen LogP contribution in [-0.2, 0) is 10.0 Å². The number of anilines is 1. The molecule has 0 bridgehead atoms. The summed E-state index contributed by atoms with van der Waals surface area (Å²) < 4.78 is 26.5. The van der Waals surface area contributed by atoms with E-state index in [2.05, 4.69) is 17.0 Å². The number of hydrogen-bond acceptors (Lipinski definition) is 3. The summed E-state index contributed by atoms with van der Waals surface area (Å²) in [5.74, 6) is 0.776. The number of para-hydroxylation sites is 1. The lowest BCUT2D eigenvalue weighted by atomic mass is 10.0. The van der Waals surface area contributed by atoms with E-state index in [1.54, 1.807) is 12.1 Å². The number of nitrogens with one attached hydrogen (secondary N) is 2. The van der Waals surface area contributed by atoms with Crippen molar-refractivity contribution in [3.8, 4) is 0 Å². The third-order valence-corrected chi connectivity index (χ3v) is 5.53. The fourth-order valence-electron chi connectivity index (χ4n) is 2.78. The molecule has 1 fully saturated rings. The van der Waals surface area contributed by atoms with Crippen molar-refractivity contribution in [2.75, 3.05) is 12.4 Å². The molecule has 2 atom stereocenters. The first-order chi connectivity index (χ1) is 9.53. The van der Waals surface area contributed by atoms with Gasteiger partial charge in [0.1, 0.15) is 4.90 Å². The maximum atomic E-state index is 12.0. The van der Waals surface area contributed by atoms with E-state index in [1.165, 1.54) is 26.3 Å². The highest BCUT2D eigenvalue weighted by molar-refractivity contribution is 7.89. The third kappa shape index (κ3) is 3.73. The van der Waals surface area contributed by atoms with Gasteiger partial charge in [-0.3, -0.25) is 0 Å². The molecule has 4 nitrogen and oxygen atoms in total. The zero-order valence-corrected chi connectivity index (χ0v) is 13.0. The molecule has 1 aliphatic rings. The average molecular weight is 296 g/mol. The molecule has 2 rings (SSSR count). The molecule has 0 heterocycles. The van der Waals surface area contributed by atoms with E-state index < -0.39 is 10.0 Å². The molecule has 2 unspecified atom stereocenters. The van der Waals surface area contributed by atoms with Crippen molar-refractivity contribution in [3.63, 3.8) is 0 Å². The van der Waals surface area contributed by atoms with Gasteiger partial charge < -0.3 is 5.32 Å². The second-order valence-corrected chi connectivity index (χ2v) is 7.51. The molecule has 2 N–H and O–H groups in total. The topological polar surface area (TPSA) is 58.2 Å². The van der Waals surface area contributed by atoms with Crippen LogP contribution in [0.2, 0.25) is 0 Å². The maximum Gasteiger partial charge on any atom is 0.242 e. The third-order valence-electron chi connectivity index (χ3n) is 4.06. The summed E-state index contributed by atoms with van der Waals surface area (Å²) in [4.78, 5) is 0.333. The summed E-state index contributed by atoms with van der Waals surface area (Å²) in [7, 11) is -1.97. The largest absolute Gasteiger partial charge is 0.381 e. The van der Waals surface area contributed by atoms with Crippen molar-refractivity contribution in [2.24, 2.45) is 5.92 Å². The first kappa shape index (κ1) is 15.3. The molecular weight excluding hydrogens is 272 g/mol. The van der Waals surface area contributed by atoms with Crippen LogP contribution in [0, 0.1) is 5.92 Å². The van der Waals surface area contributed by atoms with E-state index in [9.17, 15) is 8.42 Å². The Balaban J connectivity index is 2.17. The molecule has 1 aromatic rings. The zero-order valence-electron chi connectivity index (χ0n) is 12.2. The van der Waals surface area contributed by atoms with Crippen LogP contribution < -0.4 is 10.0 Å². The van der Waals surface area contributed by atoms with Crippen LogP contribution in [0.4, 0.5) is 5.69 Å². The van der Waals surface area contributed by atoms with E-state index in [-0.39, 0.29) is 0 Å². The molecule has 0 saturated heterocycles. The predicted octanol–water partition coefficient (Wildman–Crippen LogP) is 2.98. The quantitative estimate of drug-likeness (QED) is 0.840. The number of rotatable bonds is 4. The normalized spacial score (nSPS) is 24.1. The summed E-state index contributed by atoms with van der Waals surface area (Å²) in [5, 5.41) is 3.43. The SMILES string of the molecule is CNS(=O)(=O)c1ccccc1NC1CCCC(C)CC1. The van der Waals surface area contributed by atoms with Gasteiger partial charge in [0.05, 0.1) is 5.69 Å². The minimum atomic E-state index is -3.41. The second-order valence-electron chi connectivity index (χ2n) is 5.66. The van der Waals surface area contributed by atoms with Gasteiger partial charge in [-0.1, -0.05) is 31.9 Å². The Labute approximate surface area is 122 Å². The van der Waals surface area contributed by atoms with Crippen molar-refractivity contribution >= 4 is 15.7 Å². The van der Waals surface area contributed by atoms with Gasteiger partial charge in [-0.2, -0.15) is 0 Å². The lowest BCUT2D eigenvalue weighted by molar-refractivity contribution is 0.502. The van der Waals surface area contributed by atoms with Crippen LogP contribution >= 0.6 is 0 Å². The summed E-state index contributed by atoms with van der Waals surface area (Å²) in [5.41, 5.74) is 0.710.